The zero-order valence-corrected chi connectivity index (χ0v) is 8.87. The molecule has 84 valence electrons. The Morgan fingerprint density at radius 3 is 2.88 bits per heavy atom. The Balaban J connectivity index is 2.01. The summed E-state index contributed by atoms with van der Waals surface area (Å²) in [5, 5.41) is 3.29. The van der Waals surface area contributed by atoms with E-state index in [0.29, 0.717) is 17.3 Å². The van der Waals surface area contributed by atoms with Gasteiger partial charge in [0.05, 0.1) is 0 Å². The maximum Gasteiger partial charge on any atom is 0.198 e. The number of halogens is 1. The van der Waals surface area contributed by atoms with Gasteiger partial charge in [0.15, 0.2) is 17.3 Å². The van der Waals surface area contributed by atoms with Gasteiger partial charge in [-0.15, -0.1) is 0 Å². The molecule has 2 heterocycles. The molecule has 1 saturated heterocycles. The molecule has 0 atom stereocenters. The van der Waals surface area contributed by atoms with Gasteiger partial charge in [-0.3, -0.25) is 0 Å². The van der Waals surface area contributed by atoms with Crippen molar-refractivity contribution in [3.05, 3.63) is 29.9 Å². The summed E-state index contributed by atoms with van der Waals surface area (Å²) in [4.78, 5) is 4.36. The standard InChI is InChI=1S/C12H13FN2O/c13-9-2-1-3-10-11(9)16-12(15-10)8-4-6-14-7-5-8/h1-3,8,14H,4-7H2. The third-order valence-corrected chi connectivity index (χ3v) is 3.07. The minimum absolute atomic E-state index is 0.288. The normalized spacial score (nSPS) is 18.1. The SMILES string of the molecule is Fc1cccc2nc(C3CCNCC3)oc12. The molecule has 2 aromatic rings. The van der Waals surface area contributed by atoms with Crippen LogP contribution in [0.3, 0.4) is 0 Å². The molecule has 1 aromatic heterocycles. The van der Waals surface area contributed by atoms with E-state index in [1.54, 1.807) is 12.1 Å². The van der Waals surface area contributed by atoms with Gasteiger partial charge in [0.1, 0.15) is 5.52 Å². The highest BCUT2D eigenvalue weighted by Crippen LogP contribution is 2.28. The van der Waals surface area contributed by atoms with Crippen molar-refractivity contribution in [3.63, 3.8) is 0 Å². The van der Waals surface area contributed by atoms with Gasteiger partial charge in [0, 0.05) is 5.92 Å². The molecular weight excluding hydrogens is 207 g/mol. The van der Waals surface area contributed by atoms with Crippen LogP contribution in [0.4, 0.5) is 4.39 Å². The van der Waals surface area contributed by atoms with Gasteiger partial charge >= 0.3 is 0 Å². The van der Waals surface area contributed by atoms with Crippen molar-refractivity contribution in [1.29, 1.82) is 0 Å². The predicted molar refractivity (Wildman–Crippen MR) is 58.8 cm³/mol. The quantitative estimate of drug-likeness (QED) is 0.802. The average molecular weight is 220 g/mol. The van der Waals surface area contributed by atoms with Crippen molar-refractivity contribution in [2.75, 3.05) is 13.1 Å². The Kier molecular flexibility index (Phi) is 2.36. The highest BCUT2D eigenvalue weighted by Gasteiger charge is 2.21. The Bertz CT molecular complexity index is 503. The van der Waals surface area contributed by atoms with Crippen molar-refractivity contribution in [2.45, 2.75) is 18.8 Å². The smallest absolute Gasteiger partial charge is 0.198 e. The summed E-state index contributed by atoms with van der Waals surface area (Å²) in [5.74, 6) is 0.680. The van der Waals surface area contributed by atoms with Crippen LogP contribution in [0, 0.1) is 5.82 Å². The van der Waals surface area contributed by atoms with E-state index in [1.165, 1.54) is 6.07 Å². The monoisotopic (exact) mass is 220 g/mol. The van der Waals surface area contributed by atoms with E-state index in [-0.39, 0.29) is 11.4 Å². The van der Waals surface area contributed by atoms with Gasteiger partial charge in [-0.25, -0.2) is 9.37 Å². The van der Waals surface area contributed by atoms with Crippen LogP contribution in [0.1, 0.15) is 24.7 Å². The maximum atomic E-state index is 13.4. The lowest BCUT2D eigenvalue weighted by atomic mass is 9.98. The van der Waals surface area contributed by atoms with Gasteiger partial charge in [0.25, 0.3) is 0 Å². The summed E-state index contributed by atoms with van der Waals surface area (Å²) < 4.78 is 18.9. The first-order valence-electron chi connectivity index (χ1n) is 5.60. The molecule has 1 N–H and O–H groups in total. The number of hydrogen-bond acceptors (Lipinski definition) is 3. The Morgan fingerprint density at radius 2 is 2.12 bits per heavy atom. The number of nitrogens with zero attached hydrogens (tertiary/aromatic N) is 1. The van der Waals surface area contributed by atoms with Crippen LogP contribution >= 0.6 is 0 Å². The van der Waals surface area contributed by atoms with Crippen molar-refractivity contribution in [3.8, 4) is 0 Å². The molecule has 0 unspecified atom stereocenters. The summed E-state index contributed by atoms with van der Waals surface area (Å²) >= 11 is 0. The lowest BCUT2D eigenvalue weighted by Gasteiger charge is -2.19. The number of rotatable bonds is 1. The highest BCUT2D eigenvalue weighted by atomic mass is 19.1. The molecule has 0 saturated carbocycles. The fourth-order valence-corrected chi connectivity index (χ4v) is 2.18. The molecule has 1 aromatic carbocycles. The molecule has 3 rings (SSSR count). The van der Waals surface area contributed by atoms with Crippen molar-refractivity contribution in [2.24, 2.45) is 0 Å². The molecule has 1 fully saturated rings. The molecular formula is C12H13FN2O. The van der Waals surface area contributed by atoms with E-state index in [1.807, 2.05) is 0 Å². The summed E-state index contributed by atoms with van der Waals surface area (Å²) in [7, 11) is 0. The highest BCUT2D eigenvalue weighted by molar-refractivity contribution is 5.73. The molecule has 1 aliphatic heterocycles. The van der Waals surface area contributed by atoms with Gasteiger partial charge in [-0.05, 0) is 38.1 Å². The van der Waals surface area contributed by atoms with E-state index in [4.69, 9.17) is 4.42 Å². The van der Waals surface area contributed by atoms with Crippen LogP contribution in [-0.4, -0.2) is 18.1 Å². The van der Waals surface area contributed by atoms with Crippen LogP contribution in [0.25, 0.3) is 11.1 Å². The lowest BCUT2D eigenvalue weighted by molar-refractivity contribution is 0.382. The fraction of sp³-hybridized carbons (Fsp3) is 0.417. The number of nitrogens with one attached hydrogen (secondary N) is 1. The van der Waals surface area contributed by atoms with Crippen LogP contribution in [0.2, 0.25) is 0 Å². The number of hydrogen-bond donors (Lipinski definition) is 1. The van der Waals surface area contributed by atoms with E-state index in [9.17, 15) is 4.39 Å². The molecule has 1 aliphatic rings. The maximum absolute atomic E-state index is 13.4. The molecule has 0 spiro atoms. The molecule has 0 amide bonds. The van der Waals surface area contributed by atoms with Crippen LogP contribution in [-0.2, 0) is 0 Å². The largest absolute Gasteiger partial charge is 0.437 e. The van der Waals surface area contributed by atoms with E-state index in [0.717, 1.165) is 25.9 Å². The molecule has 4 heteroatoms. The number of para-hydroxylation sites is 1. The topological polar surface area (TPSA) is 38.1 Å². The van der Waals surface area contributed by atoms with E-state index >= 15 is 0 Å². The second kappa shape index (κ2) is 3.87. The minimum atomic E-state index is -0.329. The Morgan fingerprint density at radius 1 is 1.31 bits per heavy atom. The van der Waals surface area contributed by atoms with Gasteiger partial charge in [-0.1, -0.05) is 6.07 Å². The number of piperidine rings is 1. The number of oxazole rings is 1. The van der Waals surface area contributed by atoms with Crippen molar-refractivity contribution in [1.82, 2.24) is 10.3 Å². The third-order valence-electron chi connectivity index (χ3n) is 3.07. The first-order valence-corrected chi connectivity index (χ1v) is 5.60. The molecule has 3 nitrogen and oxygen atoms in total. The fourth-order valence-electron chi connectivity index (χ4n) is 2.18. The second-order valence-electron chi connectivity index (χ2n) is 4.16. The van der Waals surface area contributed by atoms with Gasteiger partial charge in [-0.2, -0.15) is 0 Å². The van der Waals surface area contributed by atoms with Crippen LogP contribution < -0.4 is 5.32 Å². The zero-order valence-electron chi connectivity index (χ0n) is 8.87. The van der Waals surface area contributed by atoms with E-state index < -0.39 is 0 Å². The van der Waals surface area contributed by atoms with Gasteiger partial charge in [0.2, 0.25) is 0 Å². The summed E-state index contributed by atoms with van der Waals surface area (Å²) in [6.45, 7) is 1.96. The van der Waals surface area contributed by atoms with Crippen LogP contribution in [0.15, 0.2) is 22.6 Å². The number of aromatic nitrogens is 1. The average Bonchev–Trinajstić information content (AvgIpc) is 2.76. The second-order valence-corrected chi connectivity index (χ2v) is 4.16. The summed E-state index contributed by atoms with van der Waals surface area (Å²) in [6.07, 6.45) is 2.02. The first kappa shape index (κ1) is 9.78. The number of benzene rings is 1. The minimum Gasteiger partial charge on any atom is -0.437 e. The lowest BCUT2D eigenvalue weighted by Crippen LogP contribution is -2.26. The zero-order chi connectivity index (χ0) is 11.0. The summed E-state index contributed by atoms with van der Waals surface area (Å²) in [6, 6.07) is 4.85. The number of fused-ring (bicyclic) bond motifs is 1. The first-order chi connectivity index (χ1) is 7.84. The summed E-state index contributed by atoms with van der Waals surface area (Å²) in [5.41, 5.74) is 0.907. The van der Waals surface area contributed by atoms with E-state index in [2.05, 4.69) is 10.3 Å². The van der Waals surface area contributed by atoms with Gasteiger partial charge < -0.3 is 9.73 Å². The Hall–Kier alpha value is -1.42. The van der Waals surface area contributed by atoms with Crippen LogP contribution in [0.5, 0.6) is 0 Å². The van der Waals surface area contributed by atoms with Crippen molar-refractivity contribution >= 4 is 11.1 Å². The Labute approximate surface area is 92.7 Å². The molecule has 0 aliphatic carbocycles. The van der Waals surface area contributed by atoms with Crippen molar-refractivity contribution < 1.29 is 8.81 Å². The molecule has 0 radical (unpaired) electrons. The predicted octanol–water partition coefficient (Wildman–Crippen LogP) is 2.43. The molecule has 16 heavy (non-hydrogen) atoms. The molecule has 0 bridgehead atoms. The third kappa shape index (κ3) is 1.59.